The second-order valence-electron chi connectivity index (χ2n) is 7.77. The summed E-state index contributed by atoms with van der Waals surface area (Å²) in [5.41, 5.74) is 5.37. The molecule has 5 rings (SSSR count). The van der Waals surface area contributed by atoms with E-state index in [0.717, 1.165) is 34.1 Å². The zero-order valence-corrected chi connectivity index (χ0v) is 17.9. The predicted molar refractivity (Wildman–Crippen MR) is 129 cm³/mol. The van der Waals surface area contributed by atoms with Gasteiger partial charge in [-0.15, -0.1) is 0 Å². The summed E-state index contributed by atoms with van der Waals surface area (Å²) in [4.78, 5) is 4.86. The van der Waals surface area contributed by atoms with E-state index in [-0.39, 0.29) is 6.10 Å². The van der Waals surface area contributed by atoms with E-state index in [1.54, 1.807) is 0 Å². The molecular weight excluding hydrogens is 392 g/mol. The van der Waals surface area contributed by atoms with Crippen LogP contribution in [0.2, 0.25) is 0 Å². The zero-order chi connectivity index (χ0) is 21.8. The Hall–Kier alpha value is -4.11. The third kappa shape index (κ3) is 4.06. The Morgan fingerprint density at radius 1 is 0.719 bits per heavy atom. The number of para-hydroxylation sites is 1. The van der Waals surface area contributed by atoms with Gasteiger partial charge in [-0.1, -0.05) is 91.0 Å². The van der Waals surface area contributed by atoms with E-state index in [9.17, 15) is 0 Å². The van der Waals surface area contributed by atoms with Gasteiger partial charge in [0.15, 0.2) is 6.10 Å². The van der Waals surface area contributed by atoms with Gasteiger partial charge in [0.25, 0.3) is 0 Å². The van der Waals surface area contributed by atoms with Gasteiger partial charge in [0, 0.05) is 11.3 Å². The lowest BCUT2D eigenvalue weighted by Crippen LogP contribution is -2.14. The molecule has 1 heterocycles. The lowest BCUT2D eigenvalue weighted by atomic mass is 10.1. The molecule has 0 amide bonds. The quantitative estimate of drug-likeness (QED) is 0.297. The van der Waals surface area contributed by atoms with Crippen molar-refractivity contribution in [2.75, 3.05) is 0 Å². The summed E-state index contributed by atoms with van der Waals surface area (Å²) in [6.45, 7) is 2.11. The number of imidazole rings is 1. The molecule has 0 aliphatic carbocycles. The van der Waals surface area contributed by atoms with Crippen LogP contribution in [-0.4, -0.2) is 9.55 Å². The summed E-state index contributed by atoms with van der Waals surface area (Å²) < 4.78 is 8.78. The van der Waals surface area contributed by atoms with E-state index in [1.807, 2.05) is 72.9 Å². The highest BCUT2D eigenvalue weighted by Gasteiger charge is 2.24. The van der Waals surface area contributed by atoms with Crippen molar-refractivity contribution >= 4 is 0 Å². The molecule has 0 aliphatic rings. The molecule has 1 unspecified atom stereocenters. The van der Waals surface area contributed by atoms with E-state index in [1.165, 1.54) is 5.56 Å². The summed E-state index contributed by atoms with van der Waals surface area (Å²) in [5.74, 6) is 1.71. The van der Waals surface area contributed by atoms with Gasteiger partial charge in [-0.2, -0.15) is 0 Å². The lowest BCUT2D eigenvalue weighted by molar-refractivity contribution is 0.240. The first-order chi connectivity index (χ1) is 15.8. The first kappa shape index (κ1) is 19.8. The van der Waals surface area contributed by atoms with Crippen molar-refractivity contribution < 1.29 is 4.74 Å². The van der Waals surface area contributed by atoms with Crippen LogP contribution in [0, 0.1) is 6.92 Å². The molecule has 0 fully saturated rings. The van der Waals surface area contributed by atoms with E-state index < -0.39 is 0 Å². The maximum Gasteiger partial charge on any atom is 0.166 e. The second kappa shape index (κ2) is 8.94. The van der Waals surface area contributed by atoms with Crippen LogP contribution < -0.4 is 4.74 Å². The lowest BCUT2D eigenvalue weighted by Gasteiger charge is -2.22. The van der Waals surface area contributed by atoms with Crippen LogP contribution in [0.25, 0.3) is 17.1 Å². The number of ether oxygens (including phenoxy) is 1. The number of nitrogens with zero attached hydrogens (tertiary/aromatic N) is 2. The Balaban J connectivity index is 1.72. The molecule has 32 heavy (non-hydrogen) atoms. The Morgan fingerprint density at radius 2 is 1.38 bits per heavy atom. The molecule has 0 saturated carbocycles. The van der Waals surface area contributed by atoms with Crippen molar-refractivity contribution in [1.29, 1.82) is 0 Å². The standard InChI is InChI=1S/C29H24N2O/c1-22-12-11-17-25(20-22)31-27(21-30-29(31)24-15-7-3-8-16-24)28(23-13-5-2-6-14-23)32-26-18-9-4-10-19-26/h2-21,28H,1H3. The molecule has 156 valence electrons. The molecule has 1 aromatic heterocycles. The van der Waals surface area contributed by atoms with Crippen molar-refractivity contribution in [2.24, 2.45) is 0 Å². The molecular formula is C29H24N2O. The third-order valence-electron chi connectivity index (χ3n) is 5.45. The molecule has 0 radical (unpaired) electrons. The molecule has 3 nitrogen and oxygen atoms in total. The molecule has 0 spiro atoms. The van der Waals surface area contributed by atoms with Crippen LogP contribution >= 0.6 is 0 Å². The average Bonchev–Trinajstić information content (AvgIpc) is 3.29. The third-order valence-corrected chi connectivity index (χ3v) is 5.45. The highest BCUT2D eigenvalue weighted by molar-refractivity contribution is 5.60. The summed E-state index contributed by atoms with van der Waals surface area (Å²) in [5, 5.41) is 0. The van der Waals surface area contributed by atoms with Crippen LogP contribution in [0.15, 0.2) is 121 Å². The van der Waals surface area contributed by atoms with E-state index >= 15 is 0 Å². The van der Waals surface area contributed by atoms with Crippen molar-refractivity contribution in [3.8, 4) is 22.8 Å². The summed E-state index contributed by atoms with van der Waals surface area (Å²) in [7, 11) is 0. The van der Waals surface area contributed by atoms with E-state index in [2.05, 4.69) is 60.0 Å². The minimum absolute atomic E-state index is 0.316. The Kier molecular flexibility index (Phi) is 5.54. The maximum absolute atomic E-state index is 6.57. The zero-order valence-electron chi connectivity index (χ0n) is 17.9. The number of aromatic nitrogens is 2. The smallest absolute Gasteiger partial charge is 0.166 e. The molecule has 0 aliphatic heterocycles. The Labute approximate surface area is 188 Å². The van der Waals surface area contributed by atoms with Crippen LogP contribution in [0.4, 0.5) is 0 Å². The van der Waals surface area contributed by atoms with Gasteiger partial charge in [-0.3, -0.25) is 4.57 Å². The highest BCUT2D eigenvalue weighted by atomic mass is 16.5. The summed E-state index contributed by atoms with van der Waals surface area (Å²) in [6, 6.07) is 39.0. The normalized spacial score (nSPS) is 11.8. The molecule has 0 bridgehead atoms. The average molecular weight is 417 g/mol. The molecule has 1 atom stereocenters. The first-order valence-electron chi connectivity index (χ1n) is 10.8. The number of aryl methyl sites for hydroxylation is 1. The van der Waals surface area contributed by atoms with Crippen molar-refractivity contribution in [3.05, 3.63) is 138 Å². The van der Waals surface area contributed by atoms with E-state index in [4.69, 9.17) is 9.72 Å². The molecule has 5 aromatic rings. The largest absolute Gasteiger partial charge is 0.479 e. The predicted octanol–water partition coefficient (Wildman–Crippen LogP) is 7.02. The summed E-state index contributed by atoms with van der Waals surface area (Å²) in [6.07, 6.45) is 1.62. The van der Waals surface area contributed by atoms with Crippen LogP contribution in [0.3, 0.4) is 0 Å². The van der Waals surface area contributed by atoms with Crippen LogP contribution in [-0.2, 0) is 0 Å². The fourth-order valence-corrected chi connectivity index (χ4v) is 3.94. The number of hydrogen-bond donors (Lipinski definition) is 0. The molecule has 3 heteroatoms. The van der Waals surface area contributed by atoms with Gasteiger partial charge in [0.2, 0.25) is 0 Å². The Morgan fingerprint density at radius 3 is 2.06 bits per heavy atom. The van der Waals surface area contributed by atoms with Gasteiger partial charge in [0.05, 0.1) is 11.9 Å². The molecule has 0 saturated heterocycles. The topological polar surface area (TPSA) is 27.1 Å². The monoisotopic (exact) mass is 416 g/mol. The second-order valence-corrected chi connectivity index (χ2v) is 7.77. The SMILES string of the molecule is Cc1cccc(-n2c(C(Oc3ccccc3)c3ccccc3)cnc2-c2ccccc2)c1. The minimum atomic E-state index is -0.316. The van der Waals surface area contributed by atoms with Gasteiger partial charge in [0.1, 0.15) is 11.6 Å². The molecule has 4 aromatic carbocycles. The Bertz CT molecular complexity index is 1300. The van der Waals surface area contributed by atoms with Crippen molar-refractivity contribution in [2.45, 2.75) is 13.0 Å². The fourth-order valence-electron chi connectivity index (χ4n) is 3.94. The van der Waals surface area contributed by atoms with E-state index in [0.29, 0.717) is 0 Å². The van der Waals surface area contributed by atoms with Crippen molar-refractivity contribution in [1.82, 2.24) is 9.55 Å². The number of hydrogen-bond acceptors (Lipinski definition) is 2. The van der Waals surface area contributed by atoms with Gasteiger partial charge >= 0.3 is 0 Å². The summed E-state index contributed by atoms with van der Waals surface area (Å²) >= 11 is 0. The number of rotatable bonds is 6. The highest BCUT2D eigenvalue weighted by Crippen LogP contribution is 2.33. The van der Waals surface area contributed by atoms with Crippen LogP contribution in [0.5, 0.6) is 5.75 Å². The van der Waals surface area contributed by atoms with Gasteiger partial charge in [-0.25, -0.2) is 4.98 Å². The van der Waals surface area contributed by atoms with Gasteiger partial charge < -0.3 is 4.74 Å². The maximum atomic E-state index is 6.57. The van der Waals surface area contributed by atoms with Gasteiger partial charge in [-0.05, 0) is 42.3 Å². The number of benzene rings is 4. The minimum Gasteiger partial charge on any atom is -0.479 e. The first-order valence-corrected chi connectivity index (χ1v) is 10.8. The molecule has 0 N–H and O–H groups in total. The van der Waals surface area contributed by atoms with Crippen LogP contribution in [0.1, 0.15) is 22.9 Å². The fraction of sp³-hybridized carbons (Fsp3) is 0.0690. The van der Waals surface area contributed by atoms with Crippen molar-refractivity contribution in [3.63, 3.8) is 0 Å².